The maximum atomic E-state index is 10.7. The van der Waals surface area contributed by atoms with Crippen molar-refractivity contribution >= 4 is 15.8 Å². The first kappa shape index (κ1) is 22.7. The maximum Gasteiger partial charge on any atom is 0.522 e. The Kier molecular flexibility index (Phi) is 8.54. The highest BCUT2D eigenvalue weighted by molar-refractivity contribution is 7.86. The van der Waals surface area contributed by atoms with E-state index in [9.17, 15) is 13.2 Å². The predicted octanol–water partition coefficient (Wildman–Crippen LogP) is 3.40. The van der Waals surface area contributed by atoms with Gasteiger partial charge in [-0.05, 0) is 43.2 Å². The van der Waals surface area contributed by atoms with Crippen molar-refractivity contribution in [2.45, 2.75) is 18.9 Å². The zero-order valence-corrected chi connectivity index (χ0v) is 15.4. The van der Waals surface area contributed by atoms with Crippen molar-refractivity contribution < 1.29 is 30.9 Å². The second kappa shape index (κ2) is 10.1. The minimum atomic E-state index is -5.84. The van der Waals surface area contributed by atoms with Crippen LogP contribution in [0, 0.1) is 0 Å². The van der Waals surface area contributed by atoms with Crippen LogP contribution in [0.3, 0.4) is 0 Å². The summed E-state index contributed by atoms with van der Waals surface area (Å²) in [5.41, 5.74) is -3.24. The second-order valence-electron chi connectivity index (χ2n) is 5.28. The van der Waals surface area contributed by atoms with Crippen LogP contribution in [-0.2, 0) is 16.5 Å². The molecule has 2 rings (SSSR count). The molecule has 0 aliphatic heterocycles. The third-order valence-corrected chi connectivity index (χ3v) is 3.84. The number of rotatable bonds is 6. The molecule has 0 aliphatic rings. The largest absolute Gasteiger partial charge is 0.522 e. The number of hydrogen-bond acceptors (Lipinski definition) is 5. The highest BCUT2D eigenvalue weighted by Crippen LogP contribution is 2.20. The molecule has 3 N–H and O–H groups in total. The van der Waals surface area contributed by atoms with Crippen LogP contribution in [0.15, 0.2) is 54.6 Å². The summed E-state index contributed by atoms with van der Waals surface area (Å²) in [5, 5.41) is 1.77. The lowest BCUT2D eigenvalue weighted by Crippen LogP contribution is -2.32. The lowest BCUT2D eigenvalue weighted by Gasteiger charge is -2.19. The molecule has 2 aromatic rings. The van der Waals surface area contributed by atoms with Crippen molar-refractivity contribution in [1.82, 2.24) is 0 Å². The monoisotopic (exact) mass is 406 g/mol. The van der Waals surface area contributed by atoms with Crippen molar-refractivity contribution in [3.05, 3.63) is 60.2 Å². The van der Waals surface area contributed by atoms with Gasteiger partial charge < -0.3 is 9.75 Å². The molecule has 0 unspecified atom stereocenters. The van der Waals surface area contributed by atoms with Crippen molar-refractivity contribution in [1.29, 1.82) is 0 Å². The summed E-state index contributed by atoms with van der Waals surface area (Å²) in [6.07, 6.45) is 0.935. The van der Waals surface area contributed by atoms with E-state index >= 15 is 0 Å². The van der Waals surface area contributed by atoms with Gasteiger partial charge in [0, 0.05) is 6.54 Å². The highest BCUT2D eigenvalue weighted by atomic mass is 32.2. The Hall–Kier alpha value is -2.30. The van der Waals surface area contributed by atoms with Crippen LogP contribution >= 0.6 is 0 Å². The quantitative estimate of drug-likeness (QED) is 0.331. The topological polar surface area (TPSA) is 92.9 Å². The van der Waals surface area contributed by atoms with Crippen molar-refractivity contribution in [3.63, 3.8) is 0 Å². The Morgan fingerprint density at radius 1 is 1.07 bits per heavy atom. The molecule has 0 radical (unpaired) electrons. The van der Waals surface area contributed by atoms with Crippen LogP contribution in [-0.4, -0.2) is 31.6 Å². The average molecular weight is 406 g/mol. The summed E-state index contributed by atoms with van der Waals surface area (Å²) in [7, 11) is -5.84. The van der Waals surface area contributed by atoms with Crippen LogP contribution < -0.4 is 15.6 Å². The Labute approximate surface area is 156 Å². The molecular formula is C17H21F3N2O4S. The number of hydrogen-bond donors (Lipinski definition) is 2. The Morgan fingerprint density at radius 3 is 2.04 bits per heavy atom. The summed E-state index contributed by atoms with van der Waals surface area (Å²) in [5.74, 6) is 6.94. The van der Waals surface area contributed by atoms with E-state index in [1.807, 2.05) is 49.4 Å². The Balaban J connectivity index is 0.000000387. The van der Waals surface area contributed by atoms with Crippen LogP contribution in [0.1, 0.15) is 12.5 Å². The van der Waals surface area contributed by atoms with Gasteiger partial charge in [-0.25, -0.2) is 5.84 Å². The summed E-state index contributed by atoms with van der Waals surface area (Å²) in [4.78, 5) is 0. The van der Waals surface area contributed by atoms with Gasteiger partial charge in [-0.2, -0.15) is 21.6 Å². The Bertz CT molecular complexity index is 782. The van der Waals surface area contributed by atoms with Gasteiger partial charge in [0.15, 0.2) is 0 Å². The van der Waals surface area contributed by atoms with Gasteiger partial charge >= 0.3 is 15.6 Å². The number of benzene rings is 2. The van der Waals surface area contributed by atoms with E-state index in [2.05, 4.69) is 12.1 Å². The predicted molar refractivity (Wildman–Crippen MR) is 96.9 cm³/mol. The van der Waals surface area contributed by atoms with Crippen molar-refractivity contribution in [2.75, 3.05) is 18.2 Å². The van der Waals surface area contributed by atoms with E-state index in [0.29, 0.717) is 6.61 Å². The molecule has 0 aliphatic carbocycles. The van der Waals surface area contributed by atoms with Gasteiger partial charge in [-0.1, -0.05) is 30.3 Å². The summed E-state index contributed by atoms with van der Waals surface area (Å²) >= 11 is 0. The molecule has 10 heteroatoms. The Morgan fingerprint density at radius 2 is 1.59 bits per heavy atom. The van der Waals surface area contributed by atoms with Crippen LogP contribution in [0.4, 0.5) is 18.9 Å². The number of nitrogens with two attached hydrogens (primary N) is 1. The molecule has 0 saturated heterocycles. The fraction of sp³-hybridized carbons (Fsp3) is 0.294. The molecule has 150 valence electrons. The van der Waals surface area contributed by atoms with Gasteiger partial charge in [0.05, 0.1) is 12.3 Å². The molecular weight excluding hydrogens is 385 g/mol. The molecule has 0 atom stereocenters. The molecule has 0 saturated carbocycles. The van der Waals surface area contributed by atoms with Crippen molar-refractivity contribution in [2.24, 2.45) is 5.84 Å². The average Bonchev–Trinajstić information content (AvgIpc) is 2.60. The molecule has 0 fully saturated rings. The molecule has 0 heterocycles. The molecule has 0 amide bonds. The van der Waals surface area contributed by atoms with Gasteiger partial charge in [0.1, 0.15) is 5.75 Å². The third-order valence-electron chi connectivity index (χ3n) is 3.26. The summed E-state index contributed by atoms with van der Waals surface area (Å²) < 4.78 is 63.0. The third kappa shape index (κ3) is 8.29. The lowest BCUT2D eigenvalue weighted by atomic mass is 10.1. The molecule has 2 aromatic carbocycles. The SMILES string of the molecule is CCOc1ccc(N(N)CCc2ccccc2)cc1.O=S(=O)(O)C(F)(F)F. The van der Waals surface area contributed by atoms with E-state index in [0.717, 1.165) is 24.4 Å². The number of ether oxygens (including phenoxy) is 1. The number of alkyl halides is 3. The van der Waals surface area contributed by atoms with Gasteiger partial charge in [0.2, 0.25) is 0 Å². The fourth-order valence-electron chi connectivity index (χ4n) is 1.92. The number of halogens is 3. The van der Waals surface area contributed by atoms with E-state index in [4.69, 9.17) is 23.6 Å². The zero-order chi connectivity index (χ0) is 20.5. The first-order valence-corrected chi connectivity index (χ1v) is 9.31. The maximum absolute atomic E-state index is 10.7. The van der Waals surface area contributed by atoms with E-state index in [1.165, 1.54) is 5.56 Å². The highest BCUT2D eigenvalue weighted by Gasteiger charge is 2.44. The van der Waals surface area contributed by atoms with Crippen LogP contribution in [0.25, 0.3) is 0 Å². The molecule has 0 aromatic heterocycles. The number of hydrazine groups is 1. The minimum absolute atomic E-state index is 0.680. The van der Waals surface area contributed by atoms with Crippen LogP contribution in [0.5, 0.6) is 5.75 Å². The summed E-state index contributed by atoms with van der Waals surface area (Å²) in [6, 6.07) is 18.2. The smallest absolute Gasteiger partial charge is 0.494 e. The van der Waals surface area contributed by atoms with Crippen molar-refractivity contribution in [3.8, 4) is 5.75 Å². The standard InChI is InChI=1S/C16H20N2O.CHF3O3S/c1-2-19-16-10-8-15(9-11-16)18(17)13-12-14-6-4-3-5-7-14;2-1(3,4)8(5,6)7/h3-11H,2,12-13,17H2,1H3;(H,5,6,7). The van der Waals surface area contributed by atoms with E-state index in [-0.39, 0.29) is 0 Å². The van der Waals surface area contributed by atoms with Gasteiger partial charge in [-0.3, -0.25) is 4.55 Å². The molecule has 0 spiro atoms. The molecule has 27 heavy (non-hydrogen) atoms. The lowest BCUT2D eigenvalue weighted by molar-refractivity contribution is -0.0510. The van der Waals surface area contributed by atoms with Crippen LogP contribution in [0.2, 0.25) is 0 Å². The normalized spacial score (nSPS) is 11.3. The van der Waals surface area contributed by atoms with Gasteiger partial charge in [0.25, 0.3) is 0 Å². The first-order chi connectivity index (χ1) is 12.5. The van der Waals surface area contributed by atoms with E-state index in [1.54, 1.807) is 5.01 Å². The molecule has 0 bridgehead atoms. The second-order valence-corrected chi connectivity index (χ2v) is 6.69. The summed E-state index contributed by atoms with van der Waals surface area (Å²) in [6.45, 7) is 3.45. The van der Waals surface area contributed by atoms with E-state index < -0.39 is 15.6 Å². The number of anilines is 1. The molecule has 6 nitrogen and oxygen atoms in total. The minimum Gasteiger partial charge on any atom is -0.494 e. The first-order valence-electron chi connectivity index (χ1n) is 7.87. The fourth-order valence-corrected chi connectivity index (χ4v) is 1.92. The zero-order valence-electron chi connectivity index (χ0n) is 14.6. The van der Waals surface area contributed by atoms with Gasteiger partial charge in [-0.15, -0.1) is 0 Å². The number of nitrogens with zero attached hydrogens (tertiary/aromatic N) is 1.